The number of ether oxygens (including phenoxy) is 1. The molecule has 0 radical (unpaired) electrons. The molecular weight excluding hydrogens is 248 g/mol. The van der Waals surface area contributed by atoms with Gasteiger partial charge in [0.2, 0.25) is 0 Å². The monoisotopic (exact) mass is 264 g/mol. The predicted octanol–water partition coefficient (Wildman–Crippen LogP) is -0.165. The van der Waals surface area contributed by atoms with Gasteiger partial charge in [-0.15, -0.1) is 0 Å². The summed E-state index contributed by atoms with van der Waals surface area (Å²) >= 11 is 0. The van der Waals surface area contributed by atoms with Gasteiger partial charge in [0, 0.05) is 11.9 Å². The quantitative estimate of drug-likeness (QED) is 0.536. The van der Waals surface area contributed by atoms with E-state index in [1.807, 2.05) is 12.1 Å². The van der Waals surface area contributed by atoms with Crippen LogP contribution in [0.15, 0.2) is 30.5 Å². The molecule has 1 unspecified atom stereocenters. The van der Waals surface area contributed by atoms with Crippen LogP contribution in [-0.4, -0.2) is 44.8 Å². The number of nitrogens with two attached hydrogens (primary N) is 1. The van der Waals surface area contributed by atoms with Crippen LogP contribution in [0.4, 0.5) is 5.69 Å². The lowest BCUT2D eigenvalue weighted by Crippen LogP contribution is -2.50. The first-order valence-electron chi connectivity index (χ1n) is 6.10. The maximum absolute atomic E-state index is 10.0. The molecule has 3 rings (SSSR count). The van der Waals surface area contributed by atoms with E-state index in [2.05, 4.69) is 0 Å². The van der Waals surface area contributed by atoms with Crippen LogP contribution in [0.1, 0.15) is 6.23 Å². The van der Waals surface area contributed by atoms with Crippen molar-refractivity contribution in [1.82, 2.24) is 4.57 Å². The fourth-order valence-electron chi connectivity index (χ4n) is 2.42. The lowest BCUT2D eigenvalue weighted by atomic mass is 10.0. The molecule has 6 heteroatoms. The van der Waals surface area contributed by atoms with Crippen LogP contribution >= 0.6 is 0 Å². The van der Waals surface area contributed by atoms with Gasteiger partial charge < -0.3 is 30.4 Å². The number of nitrogens with zero attached hydrogens (tertiary/aromatic N) is 1. The molecule has 0 bridgehead atoms. The summed E-state index contributed by atoms with van der Waals surface area (Å²) in [5, 5.41) is 30.2. The van der Waals surface area contributed by atoms with E-state index in [9.17, 15) is 15.3 Å². The van der Waals surface area contributed by atoms with Crippen molar-refractivity contribution in [2.45, 2.75) is 24.5 Å². The molecule has 1 fully saturated rings. The Morgan fingerprint density at radius 3 is 2.74 bits per heavy atom. The lowest BCUT2D eigenvalue weighted by Gasteiger charge is -2.36. The summed E-state index contributed by atoms with van der Waals surface area (Å²) in [6.07, 6.45) is -2.46. The molecule has 1 aliphatic rings. The van der Waals surface area contributed by atoms with Gasteiger partial charge in [-0.2, -0.15) is 0 Å². The SMILES string of the molecule is Nc1ccc2ccn(C3OC[C@@H](O)[C@@H](O)[C@H]3O)c2c1. The number of anilines is 1. The Morgan fingerprint density at radius 1 is 1.16 bits per heavy atom. The van der Waals surface area contributed by atoms with Crippen LogP contribution in [0, 0.1) is 0 Å². The minimum Gasteiger partial charge on any atom is -0.399 e. The molecule has 0 aliphatic carbocycles. The molecule has 1 aromatic heterocycles. The number of aliphatic hydroxyl groups excluding tert-OH is 3. The molecule has 6 nitrogen and oxygen atoms in total. The van der Waals surface area contributed by atoms with E-state index in [1.165, 1.54) is 0 Å². The predicted molar refractivity (Wildman–Crippen MR) is 69.4 cm³/mol. The standard InChI is InChI=1S/C13H16N2O4/c14-8-2-1-7-3-4-15(9(7)5-8)13-12(18)11(17)10(16)6-19-13/h1-5,10-13,16-18H,6,14H2/t10-,11-,12-,13?/m1/s1. The highest BCUT2D eigenvalue weighted by Gasteiger charge is 2.38. The highest BCUT2D eigenvalue weighted by molar-refractivity contribution is 5.83. The maximum Gasteiger partial charge on any atom is 0.162 e. The number of hydrogen-bond acceptors (Lipinski definition) is 5. The molecule has 1 aromatic carbocycles. The summed E-state index contributed by atoms with van der Waals surface area (Å²) in [6, 6.07) is 7.33. The van der Waals surface area contributed by atoms with Crippen molar-refractivity contribution >= 4 is 16.6 Å². The average Bonchev–Trinajstić information content (AvgIpc) is 2.79. The van der Waals surface area contributed by atoms with Gasteiger partial charge in [-0.3, -0.25) is 0 Å². The first kappa shape index (κ1) is 12.4. The van der Waals surface area contributed by atoms with Crippen LogP contribution in [0.25, 0.3) is 10.9 Å². The smallest absolute Gasteiger partial charge is 0.162 e. The minimum atomic E-state index is -1.22. The van der Waals surface area contributed by atoms with Gasteiger partial charge in [0.05, 0.1) is 12.1 Å². The first-order chi connectivity index (χ1) is 9.08. The zero-order chi connectivity index (χ0) is 13.6. The normalized spacial score (nSPS) is 31.7. The van der Waals surface area contributed by atoms with Crippen LogP contribution in [-0.2, 0) is 4.74 Å². The molecule has 0 spiro atoms. The Labute approximate surface area is 109 Å². The summed E-state index contributed by atoms with van der Waals surface area (Å²) in [7, 11) is 0. The summed E-state index contributed by atoms with van der Waals surface area (Å²) in [6.45, 7) is -0.0229. The van der Waals surface area contributed by atoms with E-state index in [0.29, 0.717) is 5.69 Å². The van der Waals surface area contributed by atoms with Gasteiger partial charge in [-0.05, 0) is 23.6 Å². The second kappa shape index (κ2) is 4.50. The summed E-state index contributed by atoms with van der Waals surface area (Å²) in [5.74, 6) is 0. The number of aliphatic hydroxyl groups is 3. The van der Waals surface area contributed by atoms with Crippen molar-refractivity contribution in [3.63, 3.8) is 0 Å². The van der Waals surface area contributed by atoms with Crippen molar-refractivity contribution in [3.05, 3.63) is 30.5 Å². The molecule has 4 atom stereocenters. The largest absolute Gasteiger partial charge is 0.399 e. The van der Waals surface area contributed by atoms with Crippen molar-refractivity contribution in [3.8, 4) is 0 Å². The van der Waals surface area contributed by atoms with Crippen LogP contribution in [0.5, 0.6) is 0 Å². The Morgan fingerprint density at radius 2 is 1.95 bits per heavy atom. The molecule has 2 heterocycles. The zero-order valence-electron chi connectivity index (χ0n) is 10.2. The summed E-state index contributed by atoms with van der Waals surface area (Å²) < 4.78 is 7.14. The zero-order valence-corrected chi connectivity index (χ0v) is 10.2. The molecule has 102 valence electrons. The molecule has 1 saturated heterocycles. The molecule has 1 aliphatic heterocycles. The average molecular weight is 264 g/mol. The van der Waals surface area contributed by atoms with Crippen LogP contribution < -0.4 is 5.73 Å². The molecular formula is C13H16N2O4. The fraction of sp³-hybridized carbons (Fsp3) is 0.385. The van der Waals surface area contributed by atoms with Gasteiger partial charge in [0.15, 0.2) is 6.23 Å². The third kappa shape index (κ3) is 1.98. The van der Waals surface area contributed by atoms with Gasteiger partial charge in [0.25, 0.3) is 0 Å². The topological polar surface area (TPSA) is 101 Å². The first-order valence-corrected chi connectivity index (χ1v) is 6.10. The van der Waals surface area contributed by atoms with Crippen molar-refractivity contribution < 1.29 is 20.1 Å². The molecule has 19 heavy (non-hydrogen) atoms. The van der Waals surface area contributed by atoms with Crippen molar-refractivity contribution in [1.29, 1.82) is 0 Å². The highest BCUT2D eigenvalue weighted by atomic mass is 16.5. The number of aromatic nitrogens is 1. The number of benzene rings is 1. The fourth-order valence-corrected chi connectivity index (χ4v) is 2.42. The number of hydrogen-bond donors (Lipinski definition) is 4. The third-order valence-corrected chi connectivity index (χ3v) is 3.50. The Kier molecular flexibility index (Phi) is 2.94. The lowest BCUT2D eigenvalue weighted by molar-refractivity contribution is -0.209. The Balaban J connectivity index is 2.02. The van der Waals surface area contributed by atoms with E-state index in [4.69, 9.17) is 10.5 Å². The van der Waals surface area contributed by atoms with E-state index >= 15 is 0 Å². The van der Waals surface area contributed by atoms with Gasteiger partial charge >= 0.3 is 0 Å². The Hall–Kier alpha value is -1.60. The summed E-state index contributed by atoms with van der Waals surface area (Å²) in [5.41, 5.74) is 7.18. The van der Waals surface area contributed by atoms with Gasteiger partial charge in [0.1, 0.15) is 18.3 Å². The van der Waals surface area contributed by atoms with E-state index in [-0.39, 0.29) is 6.61 Å². The maximum atomic E-state index is 10.0. The van der Waals surface area contributed by atoms with Crippen molar-refractivity contribution in [2.75, 3.05) is 12.3 Å². The van der Waals surface area contributed by atoms with Crippen molar-refractivity contribution in [2.24, 2.45) is 0 Å². The molecule has 0 amide bonds. The van der Waals surface area contributed by atoms with E-state index in [0.717, 1.165) is 10.9 Å². The van der Waals surface area contributed by atoms with E-state index in [1.54, 1.807) is 22.9 Å². The third-order valence-electron chi connectivity index (χ3n) is 3.50. The van der Waals surface area contributed by atoms with Gasteiger partial charge in [-0.1, -0.05) is 6.07 Å². The van der Waals surface area contributed by atoms with Crippen LogP contribution in [0.2, 0.25) is 0 Å². The molecule has 2 aromatic rings. The van der Waals surface area contributed by atoms with E-state index < -0.39 is 24.5 Å². The second-order valence-electron chi connectivity index (χ2n) is 4.81. The van der Waals surface area contributed by atoms with Gasteiger partial charge in [-0.25, -0.2) is 0 Å². The number of rotatable bonds is 1. The summed E-state index contributed by atoms with van der Waals surface area (Å²) in [4.78, 5) is 0. The second-order valence-corrected chi connectivity index (χ2v) is 4.81. The minimum absolute atomic E-state index is 0.0229. The molecule has 0 saturated carbocycles. The highest BCUT2D eigenvalue weighted by Crippen LogP contribution is 2.29. The Bertz CT molecular complexity index is 597. The number of fused-ring (bicyclic) bond motifs is 1. The van der Waals surface area contributed by atoms with Crippen LogP contribution in [0.3, 0.4) is 0 Å². The number of nitrogen functional groups attached to an aromatic ring is 1. The molecule has 5 N–H and O–H groups in total.